The molecular weight excluding hydrogens is 329 g/mol. The number of allylic oxidation sites excluding steroid dienone is 1. The molecule has 0 unspecified atom stereocenters. The molecule has 132 valence electrons. The molecule has 1 aromatic carbocycles. The van der Waals surface area contributed by atoms with Gasteiger partial charge in [-0.05, 0) is 63.3 Å². The molecule has 1 aromatic rings. The zero-order valence-electron chi connectivity index (χ0n) is 14.8. The van der Waals surface area contributed by atoms with Gasteiger partial charge in [0.25, 0.3) is 0 Å². The number of anilines is 1. The number of halogens is 2. The molecule has 0 spiro atoms. The highest BCUT2D eigenvalue weighted by Crippen LogP contribution is 2.39. The summed E-state index contributed by atoms with van der Waals surface area (Å²) in [6, 6.07) is 4.08. The number of aryl methyl sites for hydroxylation is 1. The third-order valence-corrected chi connectivity index (χ3v) is 4.61. The number of benzene rings is 1. The van der Waals surface area contributed by atoms with Gasteiger partial charge in [-0.2, -0.15) is 4.39 Å². The number of hydrogen-bond donors (Lipinski definition) is 0. The minimum absolute atomic E-state index is 0.150. The van der Waals surface area contributed by atoms with Gasteiger partial charge in [-0.15, -0.1) is 0 Å². The Morgan fingerprint density at radius 3 is 2.67 bits per heavy atom. The van der Waals surface area contributed by atoms with Crippen LogP contribution in [0, 0.1) is 0 Å². The van der Waals surface area contributed by atoms with Crippen LogP contribution < -0.4 is 4.90 Å². The minimum Gasteiger partial charge on any atom is -0.461 e. The fourth-order valence-electron chi connectivity index (χ4n) is 3.21. The van der Waals surface area contributed by atoms with Crippen LogP contribution in [0.4, 0.5) is 10.1 Å². The number of carbonyl (C=O) groups excluding carboxylic acids is 1. The number of nitrogens with zero attached hydrogens (tertiary/aromatic N) is 1. The molecule has 0 aliphatic carbocycles. The van der Waals surface area contributed by atoms with Gasteiger partial charge in [0, 0.05) is 18.2 Å². The quantitative estimate of drug-likeness (QED) is 0.541. The van der Waals surface area contributed by atoms with E-state index in [0.717, 1.165) is 30.6 Å². The van der Waals surface area contributed by atoms with Crippen molar-refractivity contribution >= 4 is 28.8 Å². The average Bonchev–Trinajstić information content (AvgIpc) is 2.54. The van der Waals surface area contributed by atoms with Gasteiger partial charge in [0.15, 0.2) is 0 Å². The first-order chi connectivity index (χ1) is 11.4. The van der Waals surface area contributed by atoms with E-state index in [1.54, 1.807) is 13.0 Å². The van der Waals surface area contributed by atoms with E-state index in [-0.39, 0.29) is 6.61 Å². The molecule has 0 aromatic heterocycles. The van der Waals surface area contributed by atoms with Gasteiger partial charge in [-0.3, -0.25) is 0 Å². The molecule has 0 N–H and O–H groups in total. The second kappa shape index (κ2) is 8.02. The van der Waals surface area contributed by atoms with Crippen LogP contribution in [0.5, 0.6) is 0 Å². The standard InChI is InChI=1S/C19H25ClFNO2/c1-5-15(17(21)19(23)24-6-2)14-10-13-8-7-9-22(12(3)4)18(13)16(20)11-14/h10-12H,5-9H2,1-4H3/b17-15+. The third-order valence-electron chi connectivity index (χ3n) is 4.32. The maximum atomic E-state index is 14.5. The van der Waals surface area contributed by atoms with Gasteiger partial charge in [-0.25, -0.2) is 4.79 Å². The van der Waals surface area contributed by atoms with Gasteiger partial charge in [0.2, 0.25) is 5.83 Å². The highest BCUT2D eigenvalue weighted by Gasteiger charge is 2.24. The fourth-order valence-corrected chi connectivity index (χ4v) is 3.56. The molecule has 0 fully saturated rings. The summed E-state index contributed by atoms with van der Waals surface area (Å²) in [5.74, 6) is -1.74. The van der Waals surface area contributed by atoms with Crippen LogP contribution in [0.1, 0.15) is 51.7 Å². The van der Waals surface area contributed by atoms with Crippen molar-refractivity contribution in [3.05, 3.63) is 34.1 Å². The molecule has 0 radical (unpaired) electrons. The van der Waals surface area contributed by atoms with E-state index in [4.69, 9.17) is 16.3 Å². The summed E-state index contributed by atoms with van der Waals surface area (Å²) in [6.07, 6.45) is 2.34. The topological polar surface area (TPSA) is 29.5 Å². The van der Waals surface area contributed by atoms with Crippen LogP contribution in [0.2, 0.25) is 5.02 Å². The van der Waals surface area contributed by atoms with Crippen molar-refractivity contribution < 1.29 is 13.9 Å². The molecule has 3 nitrogen and oxygen atoms in total. The second-order valence-electron chi connectivity index (χ2n) is 6.22. The predicted molar refractivity (Wildman–Crippen MR) is 97.2 cm³/mol. The molecular formula is C19H25ClFNO2. The molecule has 0 amide bonds. The van der Waals surface area contributed by atoms with E-state index < -0.39 is 11.8 Å². The molecule has 1 heterocycles. The maximum Gasteiger partial charge on any atom is 0.367 e. The lowest BCUT2D eigenvalue weighted by Crippen LogP contribution is -2.35. The van der Waals surface area contributed by atoms with Crippen LogP contribution in [-0.2, 0) is 16.0 Å². The van der Waals surface area contributed by atoms with E-state index in [2.05, 4.69) is 18.7 Å². The molecule has 0 saturated carbocycles. The summed E-state index contributed by atoms with van der Waals surface area (Å²) in [4.78, 5) is 14.0. The van der Waals surface area contributed by atoms with E-state index >= 15 is 0 Å². The molecule has 1 aliphatic rings. The van der Waals surface area contributed by atoms with Gasteiger partial charge in [0.1, 0.15) is 0 Å². The van der Waals surface area contributed by atoms with E-state index in [1.165, 1.54) is 0 Å². The largest absolute Gasteiger partial charge is 0.461 e. The highest BCUT2D eigenvalue weighted by atomic mass is 35.5. The van der Waals surface area contributed by atoms with Crippen LogP contribution >= 0.6 is 11.6 Å². The number of carbonyl (C=O) groups is 1. The zero-order chi connectivity index (χ0) is 17.9. The third kappa shape index (κ3) is 3.75. The van der Waals surface area contributed by atoms with Gasteiger partial charge in [-0.1, -0.05) is 18.5 Å². The van der Waals surface area contributed by atoms with Crippen molar-refractivity contribution in [3.8, 4) is 0 Å². The van der Waals surface area contributed by atoms with Crippen LogP contribution in [0.3, 0.4) is 0 Å². The zero-order valence-corrected chi connectivity index (χ0v) is 15.5. The summed E-state index contributed by atoms with van der Waals surface area (Å²) < 4.78 is 19.2. The normalized spacial score (nSPS) is 15.2. The first-order valence-corrected chi connectivity index (χ1v) is 8.93. The van der Waals surface area contributed by atoms with E-state index in [0.29, 0.717) is 28.6 Å². The summed E-state index contributed by atoms with van der Waals surface area (Å²) in [5, 5.41) is 0.610. The van der Waals surface area contributed by atoms with Crippen molar-refractivity contribution in [1.29, 1.82) is 0 Å². The van der Waals surface area contributed by atoms with Gasteiger partial charge >= 0.3 is 5.97 Å². The smallest absolute Gasteiger partial charge is 0.367 e. The van der Waals surface area contributed by atoms with Crippen molar-refractivity contribution in [2.45, 2.75) is 53.0 Å². The number of hydrogen-bond acceptors (Lipinski definition) is 3. The lowest BCUT2D eigenvalue weighted by atomic mass is 9.94. The van der Waals surface area contributed by atoms with Crippen LogP contribution in [0.15, 0.2) is 18.0 Å². The van der Waals surface area contributed by atoms with Crippen molar-refractivity contribution in [3.63, 3.8) is 0 Å². The van der Waals surface area contributed by atoms with Gasteiger partial charge in [0.05, 0.1) is 17.3 Å². The Morgan fingerprint density at radius 1 is 1.38 bits per heavy atom. The molecule has 0 atom stereocenters. The lowest BCUT2D eigenvalue weighted by molar-refractivity contribution is -0.140. The number of esters is 1. The Hall–Kier alpha value is -1.55. The van der Waals surface area contributed by atoms with Crippen molar-refractivity contribution in [1.82, 2.24) is 0 Å². The summed E-state index contributed by atoms with van der Waals surface area (Å²) >= 11 is 6.53. The van der Waals surface area contributed by atoms with Gasteiger partial charge < -0.3 is 9.64 Å². The molecule has 1 aliphatic heterocycles. The Labute approximate surface area is 148 Å². The summed E-state index contributed by atoms with van der Waals surface area (Å²) in [6.45, 7) is 8.87. The van der Waals surface area contributed by atoms with E-state index in [9.17, 15) is 9.18 Å². The van der Waals surface area contributed by atoms with E-state index in [1.807, 2.05) is 13.0 Å². The molecule has 5 heteroatoms. The first kappa shape index (κ1) is 18.8. The molecule has 0 saturated heterocycles. The minimum atomic E-state index is -0.910. The molecule has 24 heavy (non-hydrogen) atoms. The number of rotatable bonds is 5. The van der Waals surface area contributed by atoms with Crippen molar-refractivity contribution in [2.75, 3.05) is 18.1 Å². The monoisotopic (exact) mass is 353 g/mol. The molecule has 0 bridgehead atoms. The Balaban J connectivity index is 2.51. The molecule has 2 rings (SSSR count). The highest BCUT2D eigenvalue weighted by molar-refractivity contribution is 6.33. The van der Waals surface area contributed by atoms with Crippen LogP contribution in [0.25, 0.3) is 5.57 Å². The Morgan fingerprint density at radius 2 is 2.08 bits per heavy atom. The average molecular weight is 354 g/mol. The predicted octanol–water partition coefficient (Wildman–Crippen LogP) is 5.15. The number of fused-ring (bicyclic) bond motifs is 1. The maximum absolute atomic E-state index is 14.5. The summed E-state index contributed by atoms with van der Waals surface area (Å²) in [5.41, 5.74) is 3.16. The Kier molecular flexibility index (Phi) is 6.27. The number of ether oxygens (including phenoxy) is 1. The SMILES string of the molecule is CCOC(=O)/C(F)=C(/CC)c1cc(Cl)c2c(c1)CCCN2C(C)C. The van der Waals surface area contributed by atoms with Crippen molar-refractivity contribution in [2.24, 2.45) is 0 Å². The second-order valence-corrected chi connectivity index (χ2v) is 6.63. The first-order valence-electron chi connectivity index (χ1n) is 8.55. The summed E-state index contributed by atoms with van der Waals surface area (Å²) in [7, 11) is 0. The Bertz CT molecular complexity index is 655. The lowest BCUT2D eigenvalue weighted by Gasteiger charge is -2.35. The van der Waals surface area contributed by atoms with Crippen LogP contribution in [-0.4, -0.2) is 25.2 Å². The fraction of sp³-hybridized carbons (Fsp3) is 0.526.